The number of hydrogen-bond donors (Lipinski definition) is 0. The van der Waals surface area contributed by atoms with Gasteiger partial charge in [0, 0.05) is 0 Å². The van der Waals surface area contributed by atoms with Gasteiger partial charge >= 0.3 is 130 Å². The van der Waals surface area contributed by atoms with Crippen molar-refractivity contribution in [1.82, 2.24) is 0 Å². The molecule has 97 valence electrons. The Morgan fingerprint density at radius 1 is 0.947 bits per heavy atom. The van der Waals surface area contributed by atoms with E-state index in [1.807, 2.05) is 0 Å². The van der Waals surface area contributed by atoms with E-state index in [4.69, 9.17) is 17.0 Å². The van der Waals surface area contributed by atoms with Gasteiger partial charge in [0.25, 0.3) is 0 Å². The summed E-state index contributed by atoms with van der Waals surface area (Å²) in [6.45, 7) is 2.26. The molecule has 2 aromatic rings. The Labute approximate surface area is 129 Å². The Morgan fingerprint density at radius 2 is 1.68 bits per heavy atom. The fourth-order valence-electron chi connectivity index (χ4n) is 2.90. The zero-order chi connectivity index (χ0) is 13.5. The van der Waals surface area contributed by atoms with Gasteiger partial charge in [-0.15, -0.1) is 0 Å². The van der Waals surface area contributed by atoms with Crippen LogP contribution in [0.25, 0.3) is 11.1 Å². The summed E-state index contributed by atoms with van der Waals surface area (Å²) in [7, 11) is 12.8. The molecule has 0 amide bonds. The molecule has 2 aromatic carbocycles. The SMILES string of the molecule is C[C]1([Zr]([Cl])[Cl])Cc2cccc(-c3ccccc3)c2C1. The van der Waals surface area contributed by atoms with Crippen LogP contribution >= 0.6 is 17.0 Å². The van der Waals surface area contributed by atoms with E-state index < -0.39 is 19.4 Å². The van der Waals surface area contributed by atoms with Crippen LogP contribution in [0.1, 0.15) is 18.1 Å². The molecule has 0 bridgehead atoms. The zero-order valence-electron chi connectivity index (χ0n) is 10.8. The van der Waals surface area contributed by atoms with Crippen LogP contribution in [0.5, 0.6) is 0 Å². The molecule has 0 nitrogen and oxygen atoms in total. The molecule has 1 unspecified atom stereocenters. The van der Waals surface area contributed by atoms with E-state index in [0.717, 1.165) is 12.8 Å². The van der Waals surface area contributed by atoms with Crippen LogP contribution in [-0.4, -0.2) is 0 Å². The van der Waals surface area contributed by atoms with Crippen LogP contribution in [0.15, 0.2) is 48.5 Å². The summed E-state index contributed by atoms with van der Waals surface area (Å²) < 4.78 is 0.151. The summed E-state index contributed by atoms with van der Waals surface area (Å²) in [6.07, 6.45) is 2.08. The second-order valence-corrected chi connectivity index (χ2v) is 15.3. The first kappa shape index (κ1) is 13.9. The summed E-state index contributed by atoms with van der Waals surface area (Å²) in [5.41, 5.74) is 5.52. The van der Waals surface area contributed by atoms with E-state index in [0.29, 0.717) is 0 Å². The maximum absolute atomic E-state index is 6.38. The monoisotopic (exact) mass is 367 g/mol. The molecule has 0 spiro atoms. The second-order valence-electron chi connectivity index (χ2n) is 5.48. The van der Waals surface area contributed by atoms with Crippen molar-refractivity contribution in [2.75, 3.05) is 0 Å². The van der Waals surface area contributed by atoms with Crippen molar-refractivity contribution in [2.24, 2.45) is 0 Å². The van der Waals surface area contributed by atoms with Crippen molar-refractivity contribution in [3.63, 3.8) is 0 Å². The third-order valence-electron chi connectivity index (χ3n) is 3.96. The number of rotatable bonds is 2. The van der Waals surface area contributed by atoms with Crippen molar-refractivity contribution >= 4 is 17.0 Å². The van der Waals surface area contributed by atoms with Gasteiger partial charge in [-0.3, -0.25) is 0 Å². The fourth-order valence-corrected chi connectivity index (χ4v) is 6.04. The molecule has 19 heavy (non-hydrogen) atoms. The van der Waals surface area contributed by atoms with Gasteiger partial charge in [-0.05, 0) is 0 Å². The van der Waals surface area contributed by atoms with Crippen LogP contribution in [0.3, 0.4) is 0 Å². The normalized spacial score (nSPS) is 21.2. The number of benzene rings is 2. The Morgan fingerprint density at radius 3 is 2.37 bits per heavy atom. The van der Waals surface area contributed by atoms with E-state index in [1.54, 1.807) is 0 Å². The predicted octanol–water partition coefficient (Wildman–Crippen LogP) is 5.56. The fraction of sp³-hybridized carbons (Fsp3) is 0.250. The number of halogens is 2. The third kappa shape index (κ3) is 2.58. The molecule has 0 aliphatic heterocycles. The average Bonchev–Trinajstić information content (AvgIpc) is 2.77. The first-order valence-corrected chi connectivity index (χ1v) is 14.0. The molecular formula is C16H15Cl2Zr. The Bertz CT molecular complexity index is 595. The molecule has 0 saturated heterocycles. The van der Waals surface area contributed by atoms with E-state index in [-0.39, 0.29) is 3.12 Å². The first-order chi connectivity index (χ1) is 9.10. The Balaban J connectivity index is 2.07. The molecular weight excluding hydrogens is 354 g/mol. The molecule has 0 fully saturated rings. The summed E-state index contributed by atoms with van der Waals surface area (Å²) in [5, 5.41) is 0. The molecule has 0 radical (unpaired) electrons. The molecule has 1 aliphatic carbocycles. The van der Waals surface area contributed by atoms with Crippen LogP contribution in [-0.2, 0) is 32.2 Å². The maximum atomic E-state index is 6.38. The molecule has 3 heteroatoms. The summed E-state index contributed by atoms with van der Waals surface area (Å²) >= 11 is -2.26. The topological polar surface area (TPSA) is 0 Å². The van der Waals surface area contributed by atoms with Gasteiger partial charge in [-0.25, -0.2) is 0 Å². The molecule has 0 saturated carbocycles. The van der Waals surface area contributed by atoms with Gasteiger partial charge in [0.05, 0.1) is 0 Å². The minimum atomic E-state index is -2.26. The molecule has 0 heterocycles. The van der Waals surface area contributed by atoms with Crippen LogP contribution in [0.4, 0.5) is 0 Å². The molecule has 1 atom stereocenters. The zero-order valence-corrected chi connectivity index (χ0v) is 14.8. The van der Waals surface area contributed by atoms with Crippen LogP contribution < -0.4 is 0 Å². The van der Waals surface area contributed by atoms with Crippen LogP contribution in [0, 0.1) is 0 Å². The second kappa shape index (κ2) is 5.36. The number of hydrogen-bond acceptors (Lipinski definition) is 0. The number of fused-ring (bicyclic) bond motifs is 1. The van der Waals surface area contributed by atoms with E-state index in [1.165, 1.54) is 22.3 Å². The van der Waals surface area contributed by atoms with Crippen molar-refractivity contribution in [2.45, 2.75) is 22.9 Å². The first-order valence-electron chi connectivity index (χ1n) is 6.45. The van der Waals surface area contributed by atoms with Gasteiger partial charge in [-0.1, -0.05) is 0 Å². The van der Waals surface area contributed by atoms with Crippen LogP contribution in [0.2, 0.25) is 3.12 Å². The van der Waals surface area contributed by atoms with Crippen molar-refractivity contribution in [3.05, 3.63) is 59.7 Å². The summed E-state index contributed by atoms with van der Waals surface area (Å²) in [6, 6.07) is 17.2. The van der Waals surface area contributed by atoms with E-state index in [2.05, 4.69) is 55.5 Å². The van der Waals surface area contributed by atoms with Gasteiger partial charge < -0.3 is 0 Å². The Hall–Kier alpha value is -0.0969. The van der Waals surface area contributed by atoms with Gasteiger partial charge in [0.2, 0.25) is 0 Å². The molecule has 0 N–H and O–H groups in total. The van der Waals surface area contributed by atoms with Crippen molar-refractivity contribution < 1.29 is 19.4 Å². The van der Waals surface area contributed by atoms with Crippen molar-refractivity contribution in [3.8, 4) is 11.1 Å². The molecule has 0 aromatic heterocycles. The van der Waals surface area contributed by atoms with Gasteiger partial charge in [0.15, 0.2) is 0 Å². The molecule has 3 rings (SSSR count). The standard InChI is InChI=1S/C16H15.2ClH.Zr/c1-12-10-14-8-5-9-15(16(14)11-12)13-6-3-2-4-7-13;;;/h2-9H,10-11H2,1H3;2*1H;/q;;;+2/p-2. The quantitative estimate of drug-likeness (QED) is 0.650. The van der Waals surface area contributed by atoms with Gasteiger partial charge in [-0.2, -0.15) is 0 Å². The van der Waals surface area contributed by atoms with E-state index in [9.17, 15) is 0 Å². The minimum absolute atomic E-state index is 0.151. The third-order valence-corrected chi connectivity index (χ3v) is 12.5. The van der Waals surface area contributed by atoms with Crippen molar-refractivity contribution in [1.29, 1.82) is 0 Å². The average molecular weight is 369 g/mol. The summed E-state index contributed by atoms with van der Waals surface area (Å²) in [4.78, 5) is 0. The summed E-state index contributed by atoms with van der Waals surface area (Å²) in [5.74, 6) is 0. The Kier molecular flexibility index (Phi) is 3.91. The van der Waals surface area contributed by atoms with Gasteiger partial charge in [0.1, 0.15) is 0 Å². The van der Waals surface area contributed by atoms with E-state index >= 15 is 0 Å². The molecule has 1 aliphatic rings. The predicted molar refractivity (Wildman–Crippen MR) is 79.4 cm³/mol.